The number of unbranched alkanes of at least 4 members (excludes halogenated alkanes) is 2. The van der Waals surface area contributed by atoms with Crippen molar-refractivity contribution in [3.63, 3.8) is 0 Å². The quantitative estimate of drug-likeness (QED) is 0.00756. The van der Waals surface area contributed by atoms with E-state index < -0.39 is 17.9 Å². The molecule has 0 aliphatic rings. The number of rotatable bonds is 37. The Balaban J connectivity index is 0. The number of urea groups is 1. The fraction of sp³-hybridized carbons (Fsp3) is 0.480. The van der Waals surface area contributed by atoms with E-state index >= 15 is 0 Å². The second-order valence-electron chi connectivity index (χ2n) is 41.1. The van der Waals surface area contributed by atoms with E-state index in [2.05, 4.69) is 305 Å². The molecule has 0 atom stereocenters. The lowest BCUT2D eigenvalue weighted by Gasteiger charge is -2.18. The number of nitrogens with one attached hydrogen (secondary N) is 5. The second kappa shape index (κ2) is 81.6. The number of anilines is 1. The number of carbonyl (C=O) groups is 7. The largest absolute Gasteiger partial charge is 0.508 e. The highest BCUT2D eigenvalue weighted by molar-refractivity contribution is 9.10. The highest BCUT2D eigenvalue weighted by atomic mass is 79.9. The van der Waals surface area contributed by atoms with Gasteiger partial charge in [0.25, 0.3) is 0 Å². The third-order valence-corrected chi connectivity index (χ3v) is 20.4. The Labute approximate surface area is 886 Å². The standard InChI is InChI=1S/C22H24O3.C16H24O2.C13H16O2.C13H18O2.C11H13N.C11H16.C10H14O.C8H12BrN3.C7H16N2O.C6H13NO2.C6H13NO/c1-22(2,3)16-18-9-13-20(14-10-18)25-15-5-6-17-7-11-19(12-8-17)21(23)24-4;1-13(2)12-15-10-7-6-9-14(15)8-4-3-5-11-16(17)18;1-10(2)9-12-5-3-11(4-6-12)7-8-13(14)15;1-10(2)9-12-6-4-3-5-11(12)7-8-13(14)15;1-9(2)6-10-4-3-5-11(7-10)8-12;1-9(2)8-11-6-4-10(3)5-7-11;1-8(2)7-9-5-3-4-6-10(9)11;1-6(2)3-10-8-11-4-7(9)5-12-8;1-4-8-7(10)9-5-6(2)3;1-5(2)4-7-6(8)9-3;1-5(2)4-7-6(3)8/h7-14H,15-16H2,1-4H3;6-7,9-10,13H,3-5,8,11-12H2,1-2H3,(H,17,18);3-8,10H,9H2,1-2H3,(H,14,15);3-6,10H,7-9H2,1-2H3,(H,14,15);3-5,7,9H,6H2,1-2H3;4-7,9H,8H2,1-3H3;3-6,8,11H,7H2,1-2H3;4-6H,3H2,1-2H3,(H,10,11,12);6H,4-5H2,1-3H3,(H2,8,9,10);5H,4H2,1-3H3,(H,7,8);5H,4H2,1-3H3,(H,7,8)/b;;8-7+;;;;;;;;. The molecular formula is C123H179BrN8O14. The smallest absolute Gasteiger partial charge is 0.406 e. The Kier molecular flexibility index (Phi) is 75.7. The summed E-state index contributed by atoms with van der Waals surface area (Å²) in [6, 6.07) is 66.0. The topological polar surface area (TPSA) is 338 Å². The summed E-state index contributed by atoms with van der Waals surface area (Å²) in [6.07, 6.45) is 18.4. The molecule has 9 rings (SSSR count). The summed E-state index contributed by atoms with van der Waals surface area (Å²) in [5, 5.41) is 57.5. The van der Waals surface area contributed by atoms with Gasteiger partial charge < -0.3 is 61.2 Å². The molecule has 8 aromatic carbocycles. The number of carboxylic acids is 3. The van der Waals surface area contributed by atoms with Gasteiger partial charge in [0.05, 0.1) is 35.9 Å². The van der Waals surface area contributed by atoms with Crippen LogP contribution in [0.2, 0.25) is 0 Å². The minimum absolute atomic E-state index is 0.0544. The molecule has 146 heavy (non-hydrogen) atoms. The summed E-state index contributed by atoms with van der Waals surface area (Å²) in [5.74, 6) is 11.4. The van der Waals surface area contributed by atoms with E-state index in [0.717, 1.165) is 128 Å². The van der Waals surface area contributed by atoms with Crippen LogP contribution in [0.25, 0.3) is 6.08 Å². The Morgan fingerprint density at radius 1 is 0.459 bits per heavy atom. The number of halogens is 1. The average molecular weight is 2070 g/mol. The molecule has 0 saturated carbocycles. The van der Waals surface area contributed by atoms with Gasteiger partial charge in [-0.15, -0.1) is 0 Å². The number of phenols is 1. The summed E-state index contributed by atoms with van der Waals surface area (Å²) in [6.45, 7) is 59.3. The van der Waals surface area contributed by atoms with E-state index in [4.69, 9.17) is 25.3 Å². The van der Waals surface area contributed by atoms with Crippen LogP contribution in [0.1, 0.15) is 288 Å². The van der Waals surface area contributed by atoms with Gasteiger partial charge in [0.2, 0.25) is 11.9 Å². The number of benzene rings is 8. The SMILES string of the molecule is CC(=O)NCC(C)C.CC(C)CNc1ncc(Br)cn1.CC(C)Cc1ccc(/C=C/C(=O)O)cc1.CC(C)Cc1cccc(C#N)c1.CC(C)Cc1ccccc1CCC(=O)O.CC(C)Cc1ccccc1CCCCCC(=O)O.CC(C)Cc1ccccc1O.CCNC(=O)NCC(C)C.COC(=O)NCC(C)C.COC(=O)c1ccc(C#CCOc2ccc(CC(C)(C)C)cc2)cc1.Cc1ccc(CC(C)C)cc1. The monoisotopic (exact) mass is 2070 g/mol. The van der Waals surface area contributed by atoms with Crippen molar-refractivity contribution in [3.05, 3.63) is 295 Å². The summed E-state index contributed by atoms with van der Waals surface area (Å²) < 4.78 is 15.6. The van der Waals surface area contributed by atoms with E-state index in [1.54, 1.807) is 48.8 Å². The van der Waals surface area contributed by atoms with Crippen molar-refractivity contribution in [1.82, 2.24) is 31.2 Å². The number of hydrogen-bond donors (Lipinski definition) is 9. The molecule has 1 heterocycles. The molecule has 23 heteroatoms. The minimum Gasteiger partial charge on any atom is -0.508 e. The van der Waals surface area contributed by atoms with Gasteiger partial charge in [-0.05, 0) is 281 Å². The van der Waals surface area contributed by atoms with Crippen molar-refractivity contribution >= 4 is 69.9 Å². The fourth-order valence-electron chi connectivity index (χ4n) is 13.2. The van der Waals surface area contributed by atoms with Crippen LogP contribution < -0.4 is 31.3 Å². The van der Waals surface area contributed by atoms with E-state index in [9.17, 15) is 38.7 Å². The number of alkyl carbamates (subject to hydrolysis) is 1. The molecule has 0 bridgehead atoms. The number of aromatic nitrogens is 2. The van der Waals surface area contributed by atoms with E-state index in [1.165, 1.54) is 77.6 Å². The van der Waals surface area contributed by atoms with Crippen LogP contribution >= 0.6 is 15.9 Å². The summed E-state index contributed by atoms with van der Waals surface area (Å²) in [7, 11) is 2.72. The van der Waals surface area contributed by atoms with Gasteiger partial charge in [-0.3, -0.25) is 14.4 Å². The van der Waals surface area contributed by atoms with Gasteiger partial charge in [-0.1, -0.05) is 323 Å². The van der Waals surface area contributed by atoms with Crippen molar-refractivity contribution in [2.45, 2.75) is 270 Å². The van der Waals surface area contributed by atoms with E-state index in [1.807, 2.05) is 112 Å². The van der Waals surface area contributed by atoms with Gasteiger partial charge >= 0.3 is 36.0 Å². The highest BCUT2D eigenvalue weighted by Gasteiger charge is 2.14. The van der Waals surface area contributed by atoms with Crippen molar-refractivity contribution in [1.29, 1.82) is 5.26 Å². The summed E-state index contributed by atoms with van der Waals surface area (Å²) in [5.41, 5.74) is 16.3. The van der Waals surface area contributed by atoms with Crippen LogP contribution in [0, 0.1) is 94.7 Å². The highest BCUT2D eigenvalue weighted by Crippen LogP contribution is 2.25. The average Bonchev–Trinajstić information content (AvgIpc) is 0.883. The first-order chi connectivity index (χ1) is 68.9. The number of esters is 1. The number of aryl methyl sites for hydroxylation is 3. The minimum atomic E-state index is -0.916. The predicted molar refractivity (Wildman–Crippen MR) is 607 cm³/mol. The van der Waals surface area contributed by atoms with Gasteiger partial charge in [-0.25, -0.2) is 29.1 Å². The lowest BCUT2D eigenvalue weighted by molar-refractivity contribution is -0.138. The number of aromatic hydroxyl groups is 1. The van der Waals surface area contributed by atoms with Crippen molar-refractivity contribution in [3.8, 4) is 29.4 Å². The zero-order valence-electron chi connectivity index (χ0n) is 93.3. The third kappa shape index (κ3) is 79.7. The van der Waals surface area contributed by atoms with E-state index in [-0.39, 0.29) is 35.8 Å². The maximum atomic E-state index is 11.4. The number of amides is 4. The van der Waals surface area contributed by atoms with E-state index in [0.29, 0.717) is 103 Å². The molecule has 9 aromatic rings. The van der Waals surface area contributed by atoms with Gasteiger partial charge in [-0.2, -0.15) is 5.26 Å². The number of hydrogen-bond acceptors (Lipinski definition) is 15. The number of nitrogens with zero attached hydrogens (tertiary/aromatic N) is 3. The number of aliphatic carboxylic acids is 3. The zero-order chi connectivity index (χ0) is 110. The first-order valence-electron chi connectivity index (χ1n) is 51.4. The van der Waals surface area contributed by atoms with Crippen molar-refractivity contribution in [2.75, 3.05) is 58.9 Å². The number of nitriles is 1. The molecule has 0 radical (unpaired) electrons. The molecule has 4 amide bonds. The number of methoxy groups -OCH3 is 2. The Morgan fingerprint density at radius 2 is 0.911 bits per heavy atom. The molecule has 0 aliphatic carbocycles. The fourth-order valence-corrected chi connectivity index (χ4v) is 13.4. The molecule has 22 nitrogen and oxygen atoms in total. The van der Waals surface area contributed by atoms with Crippen LogP contribution in [0.4, 0.5) is 15.5 Å². The Bertz CT molecular complexity index is 5160. The Morgan fingerprint density at radius 3 is 1.35 bits per heavy atom. The van der Waals surface area contributed by atoms with Crippen molar-refractivity contribution in [2.24, 2.45) is 64.6 Å². The van der Waals surface area contributed by atoms with Crippen molar-refractivity contribution < 1.29 is 68.2 Å². The molecule has 9 N–H and O–H groups in total. The van der Waals surface area contributed by atoms with Crippen LogP contribution in [0.5, 0.6) is 11.5 Å². The third-order valence-electron chi connectivity index (χ3n) is 20.0. The lowest BCUT2D eigenvalue weighted by Crippen LogP contribution is -2.37. The maximum absolute atomic E-state index is 11.4. The molecule has 802 valence electrons. The molecule has 0 fully saturated rings. The normalized spacial score (nSPS) is 10.4. The zero-order valence-corrected chi connectivity index (χ0v) is 94.9. The molecule has 0 aliphatic heterocycles. The molecule has 1 aromatic heterocycles. The number of carboxylic acid groups (broad SMARTS) is 3. The number of phenolic OH excluding ortho intramolecular Hbond substituents is 1. The summed E-state index contributed by atoms with van der Waals surface area (Å²) in [4.78, 5) is 82.1. The van der Waals surface area contributed by atoms with Crippen LogP contribution in [0.3, 0.4) is 0 Å². The molecule has 0 saturated heterocycles. The van der Waals surface area contributed by atoms with Crippen LogP contribution in [-0.2, 0) is 86.4 Å². The second-order valence-corrected chi connectivity index (χ2v) is 42.0. The van der Waals surface area contributed by atoms with Gasteiger partial charge in [0, 0.05) is 76.5 Å². The number of carbonyl (C=O) groups excluding carboxylic acids is 4. The molecule has 0 spiro atoms. The van der Waals surface area contributed by atoms with Gasteiger partial charge in [0.15, 0.2) is 0 Å². The summed E-state index contributed by atoms with van der Waals surface area (Å²) >= 11 is 3.27. The van der Waals surface area contributed by atoms with Gasteiger partial charge in [0.1, 0.15) is 18.1 Å². The lowest BCUT2D eigenvalue weighted by atomic mass is 9.88. The molecular weight excluding hydrogens is 1890 g/mol. The first kappa shape index (κ1) is 135. The maximum Gasteiger partial charge on any atom is 0.406 e. The predicted octanol–water partition coefficient (Wildman–Crippen LogP) is 28.0. The number of ether oxygens (including phenoxy) is 3. The Hall–Kier alpha value is -12.6. The van der Waals surface area contributed by atoms with Crippen LogP contribution in [0.15, 0.2) is 217 Å². The van der Waals surface area contributed by atoms with Crippen LogP contribution in [-0.4, -0.2) is 126 Å². The number of para-hydroxylation sites is 1. The molecule has 0 unspecified atom stereocenters. The first-order valence-corrected chi connectivity index (χ1v) is 52.2.